The fourth-order valence-electron chi connectivity index (χ4n) is 3.37. The van der Waals surface area contributed by atoms with Gasteiger partial charge in [0.25, 0.3) is 0 Å². The van der Waals surface area contributed by atoms with Crippen LogP contribution in [-0.2, 0) is 11.2 Å². The Bertz CT molecular complexity index is 1020. The summed E-state index contributed by atoms with van der Waals surface area (Å²) in [7, 11) is 3.22. The van der Waals surface area contributed by atoms with E-state index in [2.05, 4.69) is 21.0 Å². The summed E-state index contributed by atoms with van der Waals surface area (Å²) < 4.78 is 17.6. The number of ketones is 1. The van der Waals surface area contributed by atoms with Gasteiger partial charge in [-0.15, -0.1) is 0 Å². The molecule has 0 atom stereocenters. The number of Topliss-reactive ketones (excluding diaryl/α,β-unsaturated/α-hetero) is 1. The number of benzene rings is 2. The van der Waals surface area contributed by atoms with Crippen molar-refractivity contribution in [2.45, 2.75) is 19.8 Å². The minimum absolute atomic E-state index is 0.0212. The van der Waals surface area contributed by atoms with Gasteiger partial charge in [0.2, 0.25) is 24.2 Å². The number of hydrogen-bond donors (Lipinski definition) is 1. The standard InChI is InChI=1S/C22H24BrN3O5/c1-4-17(27)26(2)10-9-14-11-16-21(31-12-30-16)22(29-3)18(14)19(25-24)20(28)13-5-7-15(23)8-6-13/h5-8,11H,4,9-10,12,24H2,1-3H3/b25-19+. The monoisotopic (exact) mass is 489 g/mol. The molecule has 31 heavy (non-hydrogen) atoms. The molecule has 8 nitrogen and oxygen atoms in total. The Morgan fingerprint density at radius 3 is 2.58 bits per heavy atom. The molecule has 0 fully saturated rings. The van der Waals surface area contributed by atoms with Gasteiger partial charge in [0, 0.05) is 30.0 Å². The fourth-order valence-corrected chi connectivity index (χ4v) is 3.64. The molecule has 2 aromatic rings. The van der Waals surface area contributed by atoms with E-state index >= 15 is 0 Å². The molecule has 0 unspecified atom stereocenters. The summed E-state index contributed by atoms with van der Waals surface area (Å²) in [4.78, 5) is 26.9. The third kappa shape index (κ3) is 4.66. The summed E-state index contributed by atoms with van der Waals surface area (Å²) in [6.07, 6.45) is 0.850. The van der Waals surface area contributed by atoms with Gasteiger partial charge in [-0.3, -0.25) is 9.59 Å². The lowest BCUT2D eigenvalue weighted by Crippen LogP contribution is -2.29. The molecule has 1 amide bonds. The van der Waals surface area contributed by atoms with Crippen molar-refractivity contribution in [1.29, 1.82) is 0 Å². The van der Waals surface area contributed by atoms with E-state index in [0.29, 0.717) is 53.3 Å². The van der Waals surface area contributed by atoms with Gasteiger partial charge < -0.3 is 25.0 Å². The molecule has 0 spiro atoms. The Balaban J connectivity index is 2.08. The van der Waals surface area contributed by atoms with Crippen LogP contribution in [0.2, 0.25) is 0 Å². The number of ether oxygens (including phenoxy) is 3. The first kappa shape index (κ1) is 22.6. The lowest BCUT2D eigenvalue weighted by Gasteiger charge is -2.20. The highest BCUT2D eigenvalue weighted by molar-refractivity contribution is 9.10. The Morgan fingerprint density at radius 2 is 1.97 bits per heavy atom. The molecule has 0 aliphatic carbocycles. The molecule has 1 aliphatic heterocycles. The van der Waals surface area contributed by atoms with E-state index in [9.17, 15) is 9.59 Å². The van der Waals surface area contributed by atoms with Crippen molar-refractivity contribution in [2.75, 3.05) is 27.5 Å². The summed E-state index contributed by atoms with van der Waals surface area (Å²) in [6, 6.07) is 8.69. The predicted octanol–water partition coefficient (Wildman–Crippen LogP) is 3.14. The number of rotatable bonds is 8. The summed E-state index contributed by atoms with van der Waals surface area (Å²) in [5.74, 6) is 6.59. The van der Waals surface area contributed by atoms with Gasteiger partial charge in [0.1, 0.15) is 5.71 Å². The van der Waals surface area contributed by atoms with Crippen LogP contribution in [0.1, 0.15) is 34.8 Å². The number of fused-ring (bicyclic) bond motifs is 1. The van der Waals surface area contributed by atoms with Crippen LogP contribution in [0.25, 0.3) is 0 Å². The van der Waals surface area contributed by atoms with Crippen LogP contribution < -0.4 is 20.1 Å². The number of hydrazone groups is 1. The van der Waals surface area contributed by atoms with Crippen LogP contribution in [0.15, 0.2) is 39.9 Å². The quantitative estimate of drug-likeness (QED) is 0.264. The molecule has 164 valence electrons. The highest BCUT2D eigenvalue weighted by Gasteiger charge is 2.31. The molecule has 2 N–H and O–H groups in total. The molecule has 1 aliphatic rings. The SMILES string of the molecule is CCC(=O)N(C)CCc1cc2c(c(OC)c1/C(=N\N)C(=O)c1ccc(Br)cc1)OCO2. The third-order valence-electron chi connectivity index (χ3n) is 5.04. The van der Waals surface area contributed by atoms with Crippen molar-refractivity contribution in [3.05, 3.63) is 51.5 Å². The van der Waals surface area contributed by atoms with Crippen molar-refractivity contribution >= 4 is 33.3 Å². The first-order chi connectivity index (χ1) is 14.9. The van der Waals surface area contributed by atoms with Crippen LogP contribution >= 0.6 is 15.9 Å². The zero-order valence-electron chi connectivity index (χ0n) is 17.6. The number of halogens is 1. The van der Waals surface area contributed by atoms with E-state index in [1.807, 2.05) is 6.92 Å². The third-order valence-corrected chi connectivity index (χ3v) is 5.57. The lowest BCUT2D eigenvalue weighted by molar-refractivity contribution is -0.129. The highest BCUT2D eigenvalue weighted by atomic mass is 79.9. The maximum atomic E-state index is 13.3. The number of carbonyl (C=O) groups excluding carboxylic acids is 2. The van der Waals surface area contributed by atoms with Gasteiger partial charge in [-0.05, 0) is 42.3 Å². The smallest absolute Gasteiger partial charge is 0.231 e. The zero-order valence-corrected chi connectivity index (χ0v) is 19.2. The van der Waals surface area contributed by atoms with Crippen molar-refractivity contribution in [1.82, 2.24) is 4.90 Å². The van der Waals surface area contributed by atoms with E-state index in [1.54, 1.807) is 42.3 Å². The van der Waals surface area contributed by atoms with Crippen LogP contribution in [0, 0.1) is 0 Å². The summed E-state index contributed by atoms with van der Waals surface area (Å²) in [6.45, 7) is 2.29. The Kier molecular flexibility index (Phi) is 7.17. The molecule has 0 bridgehead atoms. The average molecular weight is 490 g/mol. The van der Waals surface area contributed by atoms with E-state index in [1.165, 1.54) is 7.11 Å². The molecular weight excluding hydrogens is 466 g/mol. The van der Waals surface area contributed by atoms with Gasteiger partial charge in [-0.2, -0.15) is 5.10 Å². The molecule has 1 heterocycles. The number of hydrogen-bond acceptors (Lipinski definition) is 7. The number of amides is 1. The first-order valence-corrected chi connectivity index (χ1v) is 10.5. The molecule has 9 heteroatoms. The lowest BCUT2D eigenvalue weighted by atomic mass is 9.93. The van der Waals surface area contributed by atoms with Crippen LogP contribution in [0.4, 0.5) is 0 Å². The first-order valence-electron chi connectivity index (χ1n) is 9.73. The van der Waals surface area contributed by atoms with Gasteiger partial charge in [-0.1, -0.05) is 22.9 Å². The normalized spacial score (nSPS) is 12.6. The topological polar surface area (TPSA) is 103 Å². The molecule has 0 saturated heterocycles. The number of carbonyl (C=O) groups is 2. The summed E-state index contributed by atoms with van der Waals surface area (Å²) in [5, 5.41) is 3.83. The van der Waals surface area contributed by atoms with Crippen LogP contribution in [0.5, 0.6) is 17.2 Å². The zero-order chi connectivity index (χ0) is 22.5. The van der Waals surface area contributed by atoms with Gasteiger partial charge in [0.15, 0.2) is 11.5 Å². The van der Waals surface area contributed by atoms with Gasteiger partial charge in [-0.25, -0.2) is 0 Å². The van der Waals surface area contributed by atoms with Gasteiger partial charge >= 0.3 is 0 Å². The van der Waals surface area contributed by atoms with Crippen molar-refractivity contribution in [3.8, 4) is 17.2 Å². The van der Waals surface area contributed by atoms with Crippen LogP contribution in [0.3, 0.4) is 0 Å². The second-order valence-electron chi connectivity index (χ2n) is 6.91. The predicted molar refractivity (Wildman–Crippen MR) is 120 cm³/mol. The van der Waals surface area contributed by atoms with E-state index in [4.69, 9.17) is 20.1 Å². The minimum atomic E-state index is -0.355. The van der Waals surface area contributed by atoms with Gasteiger partial charge in [0.05, 0.1) is 12.7 Å². The maximum absolute atomic E-state index is 13.3. The van der Waals surface area contributed by atoms with Crippen molar-refractivity contribution in [3.63, 3.8) is 0 Å². The van der Waals surface area contributed by atoms with Crippen molar-refractivity contribution < 1.29 is 23.8 Å². The number of nitrogens with zero attached hydrogens (tertiary/aromatic N) is 2. The second kappa shape index (κ2) is 9.82. The van der Waals surface area contributed by atoms with E-state index in [-0.39, 0.29) is 24.2 Å². The van der Waals surface area contributed by atoms with E-state index in [0.717, 1.165) is 4.47 Å². The number of likely N-dealkylation sites (N-methyl/N-ethyl adjacent to an activating group) is 1. The molecule has 2 aromatic carbocycles. The minimum Gasteiger partial charge on any atom is -0.492 e. The highest BCUT2D eigenvalue weighted by Crippen LogP contribution is 2.45. The maximum Gasteiger partial charge on any atom is 0.231 e. The number of nitrogens with two attached hydrogens (primary N) is 1. The molecule has 3 rings (SSSR count). The van der Waals surface area contributed by atoms with Crippen molar-refractivity contribution in [2.24, 2.45) is 10.9 Å². The molecule has 0 saturated carbocycles. The average Bonchev–Trinajstić information content (AvgIpc) is 3.25. The second-order valence-corrected chi connectivity index (χ2v) is 7.83. The van der Waals surface area contributed by atoms with Crippen LogP contribution in [-0.4, -0.2) is 49.8 Å². The number of methoxy groups -OCH3 is 1. The van der Waals surface area contributed by atoms with E-state index < -0.39 is 0 Å². The Hall–Kier alpha value is -3.07. The summed E-state index contributed by atoms with van der Waals surface area (Å²) in [5.41, 5.74) is 1.61. The molecular formula is C22H24BrN3O5. The Morgan fingerprint density at radius 1 is 1.26 bits per heavy atom. The molecule has 0 aromatic heterocycles. The fraction of sp³-hybridized carbons (Fsp3) is 0.318. The summed E-state index contributed by atoms with van der Waals surface area (Å²) >= 11 is 3.36. The Labute approximate surface area is 189 Å². The molecule has 0 radical (unpaired) electrons. The largest absolute Gasteiger partial charge is 0.492 e.